The lowest BCUT2D eigenvalue weighted by Gasteiger charge is -2.30. The fourth-order valence-electron chi connectivity index (χ4n) is 5.01. The van der Waals surface area contributed by atoms with Gasteiger partial charge < -0.3 is 30.4 Å². The maximum Gasteiger partial charge on any atom is 0.223 e. The van der Waals surface area contributed by atoms with Gasteiger partial charge in [-0.05, 0) is 67.2 Å². The Morgan fingerprint density at radius 1 is 0.950 bits per heavy atom. The molecule has 0 fully saturated rings. The monoisotopic (exact) mass is 556 g/mol. The van der Waals surface area contributed by atoms with E-state index in [2.05, 4.69) is 31.3 Å². The number of amides is 1. The van der Waals surface area contributed by atoms with Gasteiger partial charge in [0.1, 0.15) is 0 Å². The van der Waals surface area contributed by atoms with Crippen molar-refractivity contribution in [1.29, 1.82) is 0 Å². The van der Waals surface area contributed by atoms with E-state index in [4.69, 9.17) is 19.9 Å². The predicted octanol–water partition coefficient (Wildman–Crippen LogP) is 5.29. The summed E-state index contributed by atoms with van der Waals surface area (Å²) in [6, 6.07) is 13.7. The van der Waals surface area contributed by atoms with Gasteiger partial charge in [0, 0.05) is 38.6 Å². The largest absolute Gasteiger partial charge is 0.493 e. The second-order valence-electron chi connectivity index (χ2n) is 11.6. The number of aliphatic hydroxyl groups excluding tert-OH is 1. The number of nitrogens with two attached hydrogens (primary N) is 1. The molecule has 7 nitrogen and oxygen atoms in total. The SMILES string of the molecule is COCCCOc1cc(C[C@@H](C[C@H](N)[C@@H](O)C[C@H](C(=O)NCc2cccc(C)c2)C(C)C)C(C)C)ccc1OC. The van der Waals surface area contributed by atoms with Crippen molar-refractivity contribution >= 4 is 5.91 Å². The van der Waals surface area contributed by atoms with Crippen molar-refractivity contribution in [1.82, 2.24) is 5.32 Å². The maximum atomic E-state index is 13.1. The first kappa shape index (κ1) is 33.6. The zero-order chi connectivity index (χ0) is 29.7. The number of hydrogen-bond acceptors (Lipinski definition) is 6. The number of aryl methyl sites for hydroxylation is 1. The molecule has 7 heteroatoms. The number of benzene rings is 2. The van der Waals surface area contributed by atoms with E-state index in [9.17, 15) is 9.90 Å². The lowest BCUT2D eigenvalue weighted by atomic mass is 9.81. The highest BCUT2D eigenvalue weighted by atomic mass is 16.5. The molecule has 224 valence electrons. The third-order valence-corrected chi connectivity index (χ3v) is 7.67. The molecule has 0 aliphatic carbocycles. The van der Waals surface area contributed by atoms with Gasteiger partial charge in [-0.1, -0.05) is 63.6 Å². The lowest BCUT2D eigenvalue weighted by molar-refractivity contribution is -0.127. The van der Waals surface area contributed by atoms with Crippen molar-refractivity contribution in [2.24, 2.45) is 29.4 Å². The Labute approximate surface area is 241 Å². The van der Waals surface area contributed by atoms with E-state index in [1.165, 1.54) is 0 Å². The van der Waals surface area contributed by atoms with Crippen molar-refractivity contribution in [2.75, 3.05) is 27.4 Å². The number of nitrogens with one attached hydrogen (secondary N) is 1. The fraction of sp³-hybridized carbons (Fsp3) is 0.606. The van der Waals surface area contributed by atoms with Gasteiger partial charge in [0.25, 0.3) is 0 Å². The molecule has 2 aromatic rings. The molecule has 0 heterocycles. The average Bonchev–Trinajstić information content (AvgIpc) is 2.92. The van der Waals surface area contributed by atoms with E-state index in [-0.39, 0.29) is 23.7 Å². The summed E-state index contributed by atoms with van der Waals surface area (Å²) >= 11 is 0. The number of rotatable bonds is 18. The van der Waals surface area contributed by atoms with Crippen LogP contribution in [0, 0.1) is 30.6 Å². The summed E-state index contributed by atoms with van der Waals surface area (Å²) in [4.78, 5) is 13.1. The number of carbonyl (C=O) groups is 1. The molecule has 0 saturated heterocycles. The molecule has 2 aromatic carbocycles. The van der Waals surface area contributed by atoms with Crippen molar-refractivity contribution in [2.45, 2.75) is 79.0 Å². The first-order valence-corrected chi connectivity index (χ1v) is 14.6. The van der Waals surface area contributed by atoms with Crippen LogP contribution in [0.4, 0.5) is 0 Å². The minimum atomic E-state index is -0.770. The zero-order valence-electron chi connectivity index (χ0n) is 25.6. The quantitative estimate of drug-likeness (QED) is 0.216. The van der Waals surface area contributed by atoms with E-state index in [0.29, 0.717) is 44.3 Å². The Hall–Kier alpha value is -2.61. The predicted molar refractivity (Wildman–Crippen MR) is 162 cm³/mol. The van der Waals surface area contributed by atoms with Gasteiger partial charge in [0.05, 0.1) is 19.8 Å². The van der Waals surface area contributed by atoms with Gasteiger partial charge in [-0.3, -0.25) is 4.79 Å². The van der Waals surface area contributed by atoms with Crippen LogP contribution >= 0.6 is 0 Å². The standard InChI is InChI=1S/C33H52N2O5/c1-22(2)27(17-25-12-13-31(39-7)32(18-25)40-15-9-14-38-6)19-29(34)30(36)20-28(23(3)4)33(37)35-21-26-11-8-10-24(5)16-26/h8,10-13,16,18,22-23,27-30,36H,9,14-15,17,19-21,34H2,1-7H3,(H,35,37)/t27-,28-,29-,30-/m0/s1. The van der Waals surface area contributed by atoms with Crippen molar-refractivity contribution in [3.8, 4) is 11.5 Å². The molecular weight excluding hydrogens is 504 g/mol. The minimum absolute atomic E-state index is 0.0422. The molecule has 1 amide bonds. The molecule has 0 aliphatic rings. The molecule has 2 rings (SSSR count). The molecule has 0 aromatic heterocycles. The highest BCUT2D eigenvalue weighted by molar-refractivity contribution is 5.78. The highest BCUT2D eigenvalue weighted by Gasteiger charge is 2.29. The summed E-state index contributed by atoms with van der Waals surface area (Å²) in [6.45, 7) is 12.1. The van der Waals surface area contributed by atoms with Crippen LogP contribution in [0.2, 0.25) is 0 Å². The van der Waals surface area contributed by atoms with E-state index in [1.54, 1.807) is 14.2 Å². The van der Waals surface area contributed by atoms with Crippen molar-refractivity contribution in [3.63, 3.8) is 0 Å². The summed E-state index contributed by atoms with van der Waals surface area (Å²) in [6.07, 6.45) is 1.83. The number of methoxy groups -OCH3 is 2. The highest BCUT2D eigenvalue weighted by Crippen LogP contribution is 2.31. The fourth-order valence-corrected chi connectivity index (χ4v) is 5.01. The van der Waals surface area contributed by atoms with Crippen molar-refractivity contribution < 1.29 is 24.1 Å². The maximum absolute atomic E-state index is 13.1. The second-order valence-corrected chi connectivity index (χ2v) is 11.6. The molecule has 0 spiro atoms. The van der Waals surface area contributed by atoms with Gasteiger partial charge >= 0.3 is 0 Å². The van der Waals surface area contributed by atoms with Crippen LogP contribution < -0.4 is 20.5 Å². The summed E-state index contributed by atoms with van der Waals surface area (Å²) in [5.74, 6) is 1.77. The lowest BCUT2D eigenvalue weighted by Crippen LogP contribution is -2.42. The van der Waals surface area contributed by atoms with Gasteiger partial charge in [-0.2, -0.15) is 0 Å². The van der Waals surface area contributed by atoms with Crippen LogP contribution in [0.15, 0.2) is 42.5 Å². The zero-order valence-corrected chi connectivity index (χ0v) is 25.6. The summed E-state index contributed by atoms with van der Waals surface area (Å²) in [5.41, 5.74) is 9.93. The van der Waals surface area contributed by atoms with Crippen LogP contribution in [0.1, 0.15) is 63.6 Å². The Morgan fingerprint density at radius 2 is 1.70 bits per heavy atom. The molecule has 0 radical (unpaired) electrons. The van der Waals surface area contributed by atoms with Gasteiger partial charge in [0.15, 0.2) is 11.5 Å². The molecule has 40 heavy (non-hydrogen) atoms. The first-order chi connectivity index (χ1) is 19.0. The normalized spacial score (nSPS) is 14.6. The van der Waals surface area contributed by atoms with E-state index >= 15 is 0 Å². The van der Waals surface area contributed by atoms with Crippen LogP contribution in [-0.2, 0) is 22.5 Å². The van der Waals surface area contributed by atoms with Gasteiger partial charge in [-0.15, -0.1) is 0 Å². The number of carbonyl (C=O) groups excluding carboxylic acids is 1. The molecular formula is C33H52N2O5. The van der Waals surface area contributed by atoms with Crippen molar-refractivity contribution in [3.05, 3.63) is 59.2 Å². The third-order valence-electron chi connectivity index (χ3n) is 7.67. The number of hydrogen-bond donors (Lipinski definition) is 3. The molecule has 4 N–H and O–H groups in total. The summed E-state index contributed by atoms with van der Waals surface area (Å²) in [7, 11) is 3.32. The molecule has 0 unspecified atom stereocenters. The smallest absolute Gasteiger partial charge is 0.223 e. The Balaban J connectivity index is 2.01. The minimum Gasteiger partial charge on any atom is -0.493 e. The van der Waals surface area contributed by atoms with Crippen LogP contribution in [0.25, 0.3) is 0 Å². The van der Waals surface area contributed by atoms with Gasteiger partial charge in [-0.25, -0.2) is 0 Å². The Kier molecular flexibility index (Phi) is 14.5. The van der Waals surface area contributed by atoms with Crippen LogP contribution in [0.5, 0.6) is 11.5 Å². The molecule has 0 bridgehead atoms. The van der Waals surface area contributed by atoms with E-state index in [1.807, 2.05) is 51.1 Å². The summed E-state index contributed by atoms with van der Waals surface area (Å²) in [5, 5.41) is 14.2. The van der Waals surface area contributed by atoms with E-state index < -0.39 is 12.1 Å². The Bertz CT molecular complexity index is 1030. The van der Waals surface area contributed by atoms with Crippen LogP contribution in [-0.4, -0.2) is 50.6 Å². The van der Waals surface area contributed by atoms with E-state index in [0.717, 1.165) is 35.3 Å². The number of aliphatic hydroxyl groups is 1. The molecule has 0 aliphatic heterocycles. The third kappa shape index (κ3) is 11.1. The first-order valence-electron chi connectivity index (χ1n) is 14.6. The molecule has 4 atom stereocenters. The number of ether oxygens (including phenoxy) is 3. The summed E-state index contributed by atoms with van der Waals surface area (Å²) < 4.78 is 16.6. The Morgan fingerprint density at radius 3 is 2.33 bits per heavy atom. The van der Waals surface area contributed by atoms with Crippen LogP contribution in [0.3, 0.4) is 0 Å². The average molecular weight is 557 g/mol. The second kappa shape index (κ2) is 17.3. The van der Waals surface area contributed by atoms with Gasteiger partial charge in [0.2, 0.25) is 5.91 Å². The topological polar surface area (TPSA) is 103 Å². The molecule has 0 saturated carbocycles.